The van der Waals surface area contributed by atoms with Crippen LogP contribution in [0.1, 0.15) is 70.4 Å². The first-order chi connectivity index (χ1) is 12.1. The summed E-state index contributed by atoms with van der Waals surface area (Å²) in [5.41, 5.74) is 1.09. The lowest BCUT2D eigenvalue weighted by Gasteiger charge is -2.40. The summed E-state index contributed by atoms with van der Waals surface area (Å²) in [5, 5.41) is 12.0. The van der Waals surface area contributed by atoms with Crippen molar-refractivity contribution in [3.63, 3.8) is 0 Å². The molecule has 0 bridgehead atoms. The number of unbranched alkanes of at least 4 members (excludes halogenated alkanes) is 4. The molecule has 0 heterocycles. The molecule has 0 aromatic heterocycles. The van der Waals surface area contributed by atoms with E-state index in [4.69, 9.17) is 0 Å². The van der Waals surface area contributed by atoms with E-state index in [2.05, 4.69) is 45.0 Å². The third kappa shape index (κ3) is 4.95. The second-order valence-electron chi connectivity index (χ2n) is 7.55. The largest absolute Gasteiger partial charge is 0.380 e. The maximum atomic E-state index is 12.0. The fourth-order valence-corrected chi connectivity index (χ4v) is 3.97. The predicted molar refractivity (Wildman–Crippen MR) is 108 cm³/mol. The summed E-state index contributed by atoms with van der Waals surface area (Å²) in [7, 11) is 0. The quantitative estimate of drug-likeness (QED) is 0.487. The van der Waals surface area contributed by atoms with Gasteiger partial charge in [0, 0.05) is 0 Å². The van der Waals surface area contributed by atoms with Crippen LogP contribution in [-0.4, -0.2) is 5.11 Å². The van der Waals surface area contributed by atoms with Crippen molar-refractivity contribution in [3.05, 3.63) is 71.8 Å². The normalized spacial score (nSPS) is 13.2. The smallest absolute Gasteiger partial charge is 0.118 e. The van der Waals surface area contributed by atoms with E-state index in [1.807, 2.05) is 36.4 Å². The number of rotatable bonds is 10. The Bertz CT molecular complexity index is 549. The molecular formula is C24H34O. The molecule has 0 saturated heterocycles. The van der Waals surface area contributed by atoms with Gasteiger partial charge < -0.3 is 5.11 Å². The summed E-state index contributed by atoms with van der Waals surface area (Å²) in [6.07, 6.45) is 7.39. The monoisotopic (exact) mass is 338 g/mol. The van der Waals surface area contributed by atoms with Gasteiger partial charge in [-0.15, -0.1) is 0 Å². The van der Waals surface area contributed by atoms with Crippen molar-refractivity contribution in [2.24, 2.45) is 11.8 Å². The standard InChI is InChI=1S/C24H34O/c1-4-5-6-7-14-19-23(20(2)3)24(25,21-15-10-8-11-16-21)22-17-12-9-13-18-22/h8-13,15-18,20,23,25H,4-7,14,19H2,1-3H3. The van der Waals surface area contributed by atoms with E-state index >= 15 is 0 Å². The molecule has 0 spiro atoms. The zero-order valence-electron chi connectivity index (χ0n) is 16.1. The second kappa shape index (κ2) is 9.77. The zero-order valence-corrected chi connectivity index (χ0v) is 16.1. The zero-order chi connectivity index (χ0) is 18.1. The van der Waals surface area contributed by atoms with Gasteiger partial charge in [-0.3, -0.25) is 0 Å². The van der Waals surface area contributed by atoms with Crippen LogP contribution in [0.4, 0.5) is 0 Å². The first-order valence-corrected chi connectivity index (χ1v) is 9.94. The Labute approximate surface area is 154 Å². The summed E-state index contributed by atoms with van der Waals surface area (Å²) < 4.78 is 0. The molecule has 1 heteroatoms. The number of aliphatic hydroxyl groups is 1. The maximum absolute atomic E-state index is 12.0. The van der Waals surface area contributed by atoms with Gasteiger partial charge in [0.2, 0.25) is 0 Å². The molecule has 2 aromatic rings. The van der Waals surface area contributed by atoms with Crippen LogP contribution >= 0.6 is 0 Å². The van der Waals surface area contributed by atoms with E-state index in [9.17, 15) is 5.11 Å². The van der Waals surface area contributed by atoms with Crippen LogP contribution in [0.25, 0.3) is 0 Å². The van der Waals surface area contributed by atoms with Gasteiger partial charge in [0.25, 0.3) is 0 Å². The minimum atomic E-state index is -0.929. The van der Waals surface area contributed by atoms with Crippen LogP contribution in [0, 0.1) is 11.8 Å². The van der Waals surface area contributed by atoms with E-state index in [1.54, 1.807) is 0 Å². The van der Waals surface area contributed by atoms with Crippen LogP contribution < -0.4 is 0 Å². The van der Waals surface area contributed by atoms with Gasteiger partial charge in [-0.1, -0.05) is 114 Å². The van der Waals surface area contributed by atoms with E-state index in [0.29, 0.717) is 5.92 Å². The molecule has 1 nitrogen and oxygen atoms in total. The average Bonchev–Trinajstić information content (AvgIpc) is 2.65. The topological polar surface area (TPSA) is 20.2 Å². The highest BCUT2D eigenvalue weighted by Crippen LogP contribution is 2.43. The van der Waals surface area contributed by atoms with Gasteiger partial charge in [0.05, 0.1) is 0 Å². The maximum Gasteiger partial charge on any atom is 0.118 e. The molecule has 0 saturated carbocycles. The van der Waals surface area contributed by atoms with Crippen molar-refractivity contribution in [3.8, 4) is 0 Å². The Kier molecular flexibility index (Phi) is 7.71. The van der Waals surface area contributed by atoms with Crippen LogP contribution in [0.5, 0.6) is 0 Å². The van der Waals surface area contributed by atoms with Crippen molar-refractivity contribution >= 4 is 0 Å². The van der Waals surface area contributed by atoms with Gasteiger partial charge in [0.1, 0.15) is 5.60 Å². The Balaban J connectivity index is 2.31. The Morgan fingerprint density at radius 1 is 0.760 bits per heavy atom. The first kappa shape index (κ1) is 19.7. The van der Waals surface area contributed by atoms with Crippen molar-refractivity contribution in [2.75, 3.05) is 0 Å². The summed E-state index contributed by atoms with van der Waals surface area (Å²) >= 11 is 0. The van der Waals surface area contributed by atoms with Crippen molar-refractivity contribution in [1.29, 1.82) is 0 Å². The SMILES string of the molecule is CCCCCCCC(C(C)C)C(O)(c1ccccc1)c1ccccc1. The highest BCUT2D eigenvalue weighted by molar-refractivity contribution is 5.37. The van der Waals surface area contributed by atoms with Gasteiger partial charge in [0.15, 0.2) is 0 Å². The lowest BCUT2D eigenvalue weighted by atomic mass is 9.69. The van der Waals surface area contributed by atoms with Crippen molar-refractivity contribution in [2.45, 2.75) is 64.9 Å². The minimum Gasteiger partial charge on any atom is -0.380 e. The lowest BCUT2D eigenvalue weighted by Crippen LogP contribution is -2.39. The third-order valence-electron chi connectivity index (χ3n) is 5.39. The average molecular weight is 339 g/mol. The Hall–Kier alpha value is -1.60. The van der Waals surface area contributed by atoms with Gasteiger partial charge in [-0.05, 0) is 29.4 Å². The molecule has 0 aliphatic carbocycles. The molecule has 1 N–H and O–H groups in total. The molecule has 0 amide bonds. The number of hydrogen-bond acceptors (Lipinski definition) is 1. The predicted octanol–water partition coefficient (Wildman–Crippen LogP) is 6.56. The summed E-state index contributed by atoms with van der Waals surface area (Å²) in [5.74, 6) is 0.621. The van der Waals surface area contributed by atoms with E-state index < -0.39 is 5.60 Å². The summed E-state index contributed by atoms with van der Waals surface area (Å²) in [6, 6.07) is 20.4. The molecule has 2 rings (SSSR count). The van der Waals surface area contributed by atoms with Gasteiger partial charge >= 0.3 is 0 Å². The summed E-state index contributed by atoms with van der Waals surface area (Å²) in [6.45, 7) is 6.74. The van der Waals surface area contributed by atoms with Gasteiger partial charge in [-0.25, -0.2) is 0 Å². The fourth-order valence-electron chi connectivity index (χ4n) is 3.97. The van der Waals surface area contributed by atoms with Crippen LogP contribution in [0.2, 0.25) is 0 Å². The number of benzene rings is 2. The first-order valence-electron chi connectivity index (χ1n) is 9.94. The Morgan fingerprint density at radius 2 is 1.24 bits per heavy atom. The second-order valence-corrected chi connectivity index (χ2v) is 7.55. The third-order valence-corrected chi connectivity index (χ3v) is 5.39. The van der Waals surface area contributed by atoms with Crippen molar-refractivity contribution < 1.29 is 5.11 Å². The highest BCUT2D eigenvalue weighted by Gasteiger charge is 2.41. The van der Waals surface area contributed by atoms with Crippen molar-refractivity contribution in [1.82, 2.24) is 0 Å². The van der Waals surface area contributed by atoms with Crippen LogP contribution in [-0.2, 0) is 5.60 Å². The van der Waals surface area contributed by atoms with Crippen LogP contribution in [0.15, 0.2) is 60.7 Å². The number of hydrogen-bond donors (Lipinski definition) is 1. The lowest BCUT2D eigenvalue weighted by molar-refractivity contribution is -0.0104. The molecule has 25 heavy (non-hydrogen) atoms. The minimum absolute atomic E-state index is 0.207. The summed E-state index contributed by atoms with van der Waals surface area (Å²) in [4.78, 5) is 0. The van der Waals surface area contributed by atoms with E-state index in [-0.39, 0.29) is 5.92 Å². The van der Waals surface area contributed by atoms with E-state index in [1.165, 1.54) is 32.1 Å². The molecule has 2 aromatic carbocycles. The highest BCUT2D eigenvalue weighted by atomic mass is 16.3. The van der Waals surface area contributed by atoms with Crippen LogP contribution in [0.3, 0.4) is 0 Å². The molecule has 0 fully saturated rings. The fraction of sp³-hybridized carbons (Fsp3) is 0.500. The molecule has 0 aliphatic rings. The molecular weight excluding hydrogens is 304 g/mol. The molecule has 136 valence electrons. The molecule has 0 aliphatic heterocycles. The molecule has 1 unspecified atom stereocenters. The Morgan fingerprint density at radius 3 is 1.68 bits per heavy atom. The van der Waals surface area contributed by atoms with E-state index in [0.717, 1.165) is 17.5 Å². The molecule has 0 radical (unpaired) electrons. The molecule has 1 atom stereocenters. The van der Waals surface area contributed by atoms with Gasteiger partial charge in [-0.2, -0.15) is 0 Å².